The van der Waals surface area contributed by atoms with Crippen LogP contribution in [-0.2, 0) is 11.2 Å². The molecule has 1 atom stereocenters. The Labute approximate surface area is 125 Å². The van der Waals surface area contributed by atoms with Crippen LogP contribution in [0.25, 0.3) is 0 Å². The first-order chi connectivity index (χ1) is 10.1. The maximum Gasteiger partial charge on any atom is 0.326 e. The Kier molecular flexibility index (Phi) is 5.20. The van der Waals surface area contributed by atoms with Gasteiger partial charge in [0.15, 0.2) is 0 Å². The summed E-state index contributed by atoms with van der Waals surface area (Å²) in [4.78, 5) is 25.3. The van der Waals surface area contributed by atoms with Crippen molar-refractivity contribution < 1.29 is 14.7 Å². The van der Waals surface area contributed by atoms with Crippen LogP contribution in [0, 0.1) is 0 Å². The van der Waals surface area contributed by atoms with Gasteiger partial charge < -0.3 is 10.4 Å². The second kappa shape index (κ2) is 7.11. The number of carbonyl (C=O) groups excluding carboxylic acids is 1. The van der Waals surface area contributed by atoms with E-state index in [0.717, 1.165) is 30.5 Å². The fourth-order valence-corrected chi connectivity index (χ4v) is 2.68. The maximum absolute atomic E-state index is 12.5. The number of aliphatic carboxylic acids is 1. The fraction of sp³-hybridized carbons (Fsp3) is 0.500. The lowest BCUT2D eigenvalue weighted by Gasteiger charge is -2.25. The summed E-state index contributed by atoms with van der Waals surface area (Å²) >= 11 is 0. The second-order valence-corrected chi connectivity index (χ2v) is 5.37. The van der Waals surface area contributed by atoms with Gasteiger partial charge in [-0.2, -0.15) is 0 Å². The normalized spacial score (nSPS) is 15.8. The molecule has 1 heterocycles. The van der Waals surface area contributed by atoms with Gasteiger partial charge >= 0.3 is 12.0 Å². The molecule has 0 fully saturated rings. The Hall–Kier alpha value is -2.04. The van der Waals surface area contributed by atoms with Gasteiger partial charge in [-0.3, -0.25) is 4.90 Å². The van der Waals surface area contributed by atoms with Crippen LogP contribution in [-0.4, -0.2) is 29.7 Å². The number of para-hydroxylation sites is 1. The van der Waals surface area contributed by atoms with Crippen molar-refractivity contribution in [2.45, 2.75) is 45.1 Å². The molecule has 0 spiro atoms. The molecule has 0 aromatic heterocycles. The first-order valence-electron chi connectivity index (χ1n) is 7.52. The predicted octanol–water partition coefficient (Wildman–Crippen LogP) is 2.79. The van der Waals surface area contributed by atoms with Crippen LogP contribution in [0.15, 0.2) is 24.3 Å². The third-order valence-corrected chi connectivity index (χ3v) is 3.78. The Morgan fingerprint density at radius 2 is 2.10 bits per heavy atom. The van der Waals surface area contributed by atoms with Crippen LogP contribution in [0.5, 0.6) is 0 Å². The highest BCUT2D eigenvalue weighted by atomic mass is 16.4. The Morgan fingerprint density at radius 3 is 2.81 bits per heavy atom. The van der Waals surface area contributed by atoms with Crippen LogP contribution in [0.2, 0.25) is 0 Å². The number of fused-ring (bicyclic) bond motifs is 1. The highest BCUT2D eigenvalue weighted by molar-refractivity contribution is 5.95. The molecule has 1 aliphatic heterocycles. The molecule has 1 aromatic rings. The monoisotopic (exact) mass is 290 g/mol. The Bertz CT molecular complexity index is 516. The van der Waals surface area contributed by atoms with Crippen molar-refractivity contribution in [2.24, 2.45) is 0 Å². The number of anilines is 1. The van der Waals surface area contributed by atoms with Crippen molar-refractivity contribution in [2.75, 3.05) is 11.4 Å². The zero-order valence-electron chi connectivity index (χ0n) is 12.3. The topological polar surface area (TPSA) is 69.6 Å². The Morgan fingerprint density at radius 1 is 1.33 bits per heavy atom. The number of nitrogens with zero attached hydrogens (tertiary/aromatic N) is 1. The van der Waals surface area contributed by atoms with E-state index in [9.17, 15) is 9.59 Å². The Balaban J connectivity index is 2.16. The fourth-order valence-electron chi connectivity index (χ4n) is 2.68. The van der Waals surface area contributed by atoms with Gasteiger partial charge in [0.2, 0.25) is 0 Å². The third-order valence-electron chi connectivity index (χ3n) is 3.78. The number of hydrogen-bond acceptors (Lipinski definition) is 2. The minimum atomic E-state index is -0.978. The SMILES string of the molecule is CCCC(NC(=O)N1CCCCc2ccccc21)C(=O)O. The van der Waals surface area contributed by atoms with E-state index in [0.29, 0.717) is 19.4 Å². The molecule has 0 bridgehead atoms. The molecular formula is C16H22N2O3. The summed E-state index contributed by atoms with van der Waals surface area (Å²) in [6.45, 7) is 2.53. The molecule has 1 unspecified atom stereocenters. The van der Waals surface area contributed by atoms with Gasteiger partial charge in [0.05, 0.1) is 0 Å². The summed E-state index contributed by atoms with van der Waals surface area (Å²) in [6.07, 6.45) is 4.08. The number of carbonyl (C=O) groups is 2. The van der Waals surface area contributed by atoms with Crippen LogP contribution < -0.4 is 10.2 Å². The number of amides is 2. The zero-order valence-corrected chi connectivity index (χ0v) is 12.3. The van der Waals surface area contributed by atoms with Gasteiger partial charge in [0, 0.05) is 12.2 Å². The molecule has 0 aliphatic carbocycles. The van der Waals surface area contributed by atoms with Crippen molar-refractivity contribution in [1.82, 2.24) is 5.32 Å². The standard InChI is InChI=1S/C16H22N2O3/c1-2-7-13(15(19)20)17-16(21)18-11-6-5-9-12-8-3-4-10-14(12)18/h3-4,8,10,13H,2,5-7,9,11H2,1H3,(H,17,21)(H,19,20). The number of hydrogen-bond donors (Lipinski definition) is 2. The summed E-state index contributed by atoms with van der Waals surface area (Å²) in [6, 6.07) is 6.70. The smallest absolute Gasteiger partial charge is 0.326 e. The van der Waals surface area contributed by atoms with Crippen molar-refractivity contribution >= 4 is 17.7 Å². The van der Waals surface area contributed by atoms with Gasteiger partial charge in [0.1, 0.15) is 6.04 Å². The molecule has 5 nitrogen and oxygen atoms in total. The lowest BCUT2D eigenvalue weighted by Crippen LogP contribution is -2.48. The quantitative estimate of drug-likeness (QED) is 0.896. The third kappa shape index (κ3) is 3.74. The number of carboxylic acid groups (broad SMARTS) is 1. The molecule has 114 valence electrons. The van der Waals surface area contributed by atoms with E-state index in [1.54, 1.807) is 4.90 Å². The van der Waals surface area contributed by atoms with E-state index in [-0.39, 0.29) is 6.03 Å². The minimum Gasteiger partial charge on any atom is -0.480 e. The van der Waals surface area contributed by atoms with Crippen LogP contribution in [0.1, 0.15) is 38.2 Å². The summed E-state index contributed by atoms with van der Waals surface area (Å²) in [5.74, 6) is -0.978. The van der Waals surface area contributed by atoms with E-state index < -0.39 is 12.0 Å². The van der Waals surface area contributed by atoms with E-state index >= 15 is 0 Å². The van der Waals surface area contributed by atoms with Crippen LogP contribution in [0.3, 0.4) is 0 Å². The lowest BCUT2D eigenvalue weighted by atomic mass is 10.1. The van der Waals surface area contributed by atoms with Gasteiger partial charge in [-0.15, -0.1) is 0 Å². The molecular weight excluding hydrogens is 268 g/mol. The molecule has 0 saturated heterocycles. The maximum atomic E-state index is 12.5. The molecule has 0 saturated carbocycles. The molecule has 2 N–H and O–H groups in total. The number of urea groups is 1. The highest BCUT2D eigenvalue weighted by Gasteiger charge is 2.25. The molecule has 0 radical (unpaired) electrons. The summed E-state index contributed by atoms with van der Waals surface area (Å²) in [5.41, 5.74) is 2.04. The van der Waals surface area contributed by atoms with Crippen molar-refractivity contribution in [3.05, 3.63) is 29.8 Å². The molecule has 1 aliphatic rings. The minimum absolute atomic E-state index is 0.315. The van der Waals surface area contributed by atoms with Crippen LogP contribution in [0.4, 0.5) is 10.5 Å². The zero-order chi connectivity index (χ0) is 15.2. The van der Waals surface area contributed by atoms with Gasteiger partial charge in [0.25, 0.3) is 0 Å². The first kappa shape index (κ1) is 15.4. The van der Waals surface area contributed by atoms with Gasteiger partial charge in [-0.25, -0.2) is 9.59 Å². The first-order valence-corrected chi connectivity index (χ1v) is 7.52. The molecule has 2 amide bonds. The molecule has 1 aromatic carbocycles. The van der Waals surface area contributed by atoms with Crippen LogP contribution >= 0.6 is 0 Å². The average Bonchev–Trinajstić information content (AvgIpc) is 2.69. The average molecular weight is 290 g/mol. The number of aryl methyl sites for hydroxylation is 1. The van der Waals surface area contributed by atoms with E-state index in [4.69, 9.17) is 5.11 Å². The van der Waals surface area contributed by atoms with Gasteiger partial charge in [-0.05, 0) is 37.3 Å². The van der Waals surface area contributed by atoms with E-state index in [1.165, 1.54) is 0 Å². The van der Waals surface area contributed by atoms with Crippen molar-refractivity contribution in [3.8, 4) is 0 Å². The van der Waals surface area contributed by atoms with Crippen molar-refractivity contribution in [3.63, 3.8) is 0 Å². The second-order valence-electron chi connectivity index (χ2n) is 5.37. The number of carboxylic acids is 1. The molecule has 2 rings (SSSR count). The summed E-state index contributed by atoms with van der Waals surface area (Å²) in [7, 11) is 0. The van der Waals surface area contributed by atoms with Crippen molar-refractivity contribution in [1.29, 1.82) is 0 Å². The molecule has 21 heavy (non-hydrogen) atoms. The number of benzene rings is 1. The number of rotatable bonds is 4. The lowest BCUT2D eigenvalue weighted by molar-refractivity contribution is -0.139. The van der Waals surface area contributed by atoms with E-state index in [1.807, 2.05) is 31.2 Å². The van der Waals surface area contributed by atoms with E-state index in [2.05, 4.69) is 5.32 Å². The molecule has 5 heteroatoms. The largest absolute Gasteiger partial charge is 0.480 e. The van der Waals surface area contributed by atoms with Gasteiger partial charge in [-0.1, -0.05) is 31.5 Å². The highest BCUT2D eigenvalue weighted by Crippen LogP contribution is 2.26. The predicted molar refractivity (Wildman–Crippen MR) is 81.6 cm³/mol. The number of nitrogens with one attached hydrogen (secondary N) is 1. The summed E-state index contributed by atoms with van der Waals surface area (Å²) < 4.78 is 0. The summed E-state index contributed by atoms with van der Waals surface area (Å²) in [5, 5.41) is 11.8.